The van der Waals surface area contributed by atoms with Crippen LogP contribution in [0.3, 0.4) is 0 Å². The van der Waals surface area contributed by atoms with E-state index in [9.17, 15) is 4.79 Å². The van der Waals surface area contributed by atoms with Crippen molar-refractivity contribution in [2.75, 3.05) is 18.5 Å². The minimum atomic E-state index is -0.291. The van der Waals surface area contributed by atoms with Crippen molar-refractivity contribution >= 4 is 11.7 Å². The van der Waals surface area contributed by atoms with Gasteiger partial charge in [0.25, 0.3) is 0 Å². The van der Waals surface area contributed by atoms with E-state index in [4.69, 9.17) is 9.47 Å². The van der Waals surface area contributed by atoms with Crippen LogP contribution in [0, 0.1) is 5.92 Å². The van der Waals surface area contributed by atoms with Gasteiger partial charge in [0.2, 0.25) is 5.95 Å². The van der Waals surface area contributed by atoms with Crippen LogP contribution >= 0.6 is 0 Å². The number of carbonyl (C=O) groups excluding carboxylic acids is 1. The number of hydrogen-bond donors (Lipinski definition) is 1. The Morgan fingerprint density at radius 2 is 2.04 bits per heavy atom. The Labute approximate surface area is 151 Å². The van der Waals surface area contributed by atoms with E-state index in [1.165, 1.54) is 6.33 Å². The quantitative estimate of drug-likeness (QED) is 0.850. The van der Waals surface area contributed by atoms with E-state index in [1.807, 2.05) is 18.2 Å². The number of nitrogens with zero attached hydrogens (tertiary/aromatic N) is 3. The van der Waals surface area contributed by atoms with Crippen LogP contribution in [-0.2, 0) is 4.79 Å². The molecule has 1 N–H and O–H groups in total. The number of rotatable bonds is 1. The van der Waals surface area contributed by atoms with Gasteiger partial charge in [-0.05, 0) is 30.0 Å². The van der Waals surface area contributed by atoms with Crippen LogP contribution < -0.4 is 14.8 Å². The largest absolute Gasteiger partial charge is 0.490 e. The monoisotopic (exact) mass is 352 g/mol. The molecule has 7 heteroatoms. The number of fused-ring (bicyclic) bond motifs is 2. The van der Waals surface area contributed by atoms with Gasteiger partial charge in [-0.2, -0.15) is 10.1 Å². The number of ether oxygens (including phenoxy) is 2. The van der Waals surface area contributed by atoms with Crippen molar-refractivity contribution in [1.29, 1.82) is 0 Å². The molecule has 2 atom stereocenters. The average Bonchev–Trinajstić information content (AvgIpc) is 2.95. The molecule has 2 unspecified atom stereocenters. The fourth-order valence-corrected chi connectivity index (χ4v) is 4.00. The minimum absolute atomic E-state index is 0.171. The van der Waals surface area contributed by atoms with Gasteiger partial charge >= 0.3 is 0 Å². The van der Waals surface area contributed by atoms with E-state index >= 15 is 0 Å². The summed E-state index contributed by atoms with van der Waals surface area (Å²) in [6.45, 7) is 3.38. The highest BCUT2D eigenvalue weighted by atomic mass is 16.5. The Bertz CT molecular complexity index is 917. The summed E-state index contributed by atoms with van der Waals surface area (Å²) in [5.41, 5.74) is 2.71. The third-order valence-electron chi connectivity index (χ3n) is 5.15. The highest BCUT2D eigenvalue weighted by Gasteiger charge is 2.38. The lowest BCUT2D eigenvalue weighted by Gasteiger charge is -2.34. The molecule has 3 aliphatic rings. The van der Waals surface area contributed by atoms with Gasteiger partial charge < -0.3 is 14.8 Å². The molecule has 0 radical (unpaired) electrons. The summed E-state index contributed by atoms with van der Waals surface area (Å²) < 4.78 is 13.4. The van der Waals surface area contributed by atoms with Crippen molar-refractivity contribution in [2.24, 2.45) is 5.92 Å². The highest BCUT2D eigenvalue weighted by Crippen LogP contribution is 2.43. The molecular formula is C19H20N4O3. The molecule has 3 heterocycles. The van der Waals surface area contributed by atoms with Crippen LogP contribution in [0.15, 0.2) is 35.8 Å². The molecule has 1 aromatic heterocycles. The molecule has 0 saturated heterocycles. The summed E-state index contributed by atoms with van der Waals surface area (Å²) in [6.07, 6.45) is 3.78. The van der Waals surface area contributed by atoms with Crippen molar-refractivity contribution in [3.63, 3.8) is 0 Å². The van der Waals surface area contributed by atoms with E-state index < -0.39 is 0 Å². The van der Waals surface area contributed by atoms with Crippen LogP contribution in [0.25, 0.3) is 0 Å². The molecule has 2 aliphatic heterocycles. The number of ketones is 1. The molecule has 2 aromatic rings. The van der Waals surface area contributed by atoms with E-state index in [-0.39, 0.29) is 11.8 Å². The number of allylic oxidation sites excluding steroid dienone is 2. The maximum absolute atomic E-state index is 12.9. The van der Waals surface area contributed by atoms with Crippen LogP contribution in [0.5, 0.6) is 11.5 Å². The van der Waals surface area contributed by atoms with Crippen LogP contribution in [0.2, 0.25) is 0 Å². The molecule has 0 fully saturated rings. The third kappa shape index (κ3) is 2.38. The second-order valence-corrected chi connectivity index (χ2v) is 7.14. The van der Waals surface area contributed by atoms with Gasteiger partial charge in [0.1, 0.15) is 12.4 Å². The number of nitrogens with one attached hydrogen (secondary N) is 1. The van der Waals surface area contributed by atoms with E-state index in [1.54, 1.807) is 4.68 Å². The number of hydrogen-bond acceptors (Lipinski definition) is 6. The minimum Gasteiger partial charge on any atom is -0.490 e. The maximum Gasteiger partial charge on any atom is 0.226 e. The summed E-state index contributed by atoms with van der Waals surface area (Å²) in [7, 11) is 0. The van der Waals surface area contributed by atoms with Crippen LogP contribution in [0.1, 0.15) is 37.8 Å². The average molecular weight is 352 g/mol. The van der Waals surface area contributed by atoms with Crippen molar-refractivity contribution in [2.45, 2.75) is 32.2 Å². The first-order chi connectivity index (χ1) is 12.7. The molecular weight excluding hydrogens is 332 g/mol. The molecule has 1 aromatic carbocycles. The van der Waals surface area contributed by atoms with Crippen molar-refractivity contribution in [1.82, 2.24) is 14.8 Å². The summed E-state index contributed by atoms with van der Waals surface area (Å²) in [5, 5.41) is 7.68. The van der Waals surface area contributed by atoms with Crippen LogP contribution in [0.4, 0.5) is 5.95 Å². The lowest BCUT2D eigenvalue weighted by atomic mass is 9.81. The molecule has 0 bridgehead atoms. The smallest absolute Gasteiger partial charge is 0.226 e. The van der Waals surface area contributed by atoms with E-state index in [0.717, 1.165) is 41.2 Å². The molecule has 7 nitrogen and oxygen atoms in total. The SMILES string of the molecule is CC1CC(=O)C2=C(C1)Nc1ncnn1C2c1ccc2c(c1)OCCCO2. The van der Waals surface area contributed by atoms with Crippen molar-refractivity contribution in [3.8, 4) is 11.5 Å². The Morgan fingerprint density at radius 1 is 1.19 bits per heavy atom. The van der Waals surface area contributed by atoms with Crippen molar-refractivity contribution < 1.29 is 14.3 Å². The first-order valence-electron chi connectivity index (χ1n) is 9.03. The molecule has 26 heavy (non-hydrogen) atoms. The molecule has 0 saturated carbocycles. The van der Waals surface area contributed by atoms with Gasteiger partial charge in [-0.3, -0.25) is 4.79 Å². The summed E-state index contributed by atoms with van der Waals surface area (Å²) in [4.78, 5) is 17.2. The van der Waals surface area contributed by atoms with Gasteiger partial charge in [0.15, 0.2) is 17.3 Å². The maximum atomic E-state index is 12.9. The predicted octanol–water partition coefficient (Wildman–Crippen LogP) is 2.71. The molecule has 0 spiro atoms. The van der Waals surface area contributed by atoms with Gasteiger partial charge in [0, 0.05) is 24.1 Å². The molecule has 134 valence electrons. The Kier molecular flexibility index (Phi) is 3.48. The van der Waals surface area contributed by atoms with Gasteiger partial charge in [-0.1, -0.05) is 13.0 Å². The summed E-state index contributed by atoms with van der Waals surface area (Å²) >= 11 is 0. The van der Waals surface area contributed by atoms with Gasteiger partial charge in [-0.25, -0.2) is 4.68 Å². The lowest BCUT2D eigenvalue weighted by Crippen LogP contribution is -2.33. The number of anilines is 1. The Morgan fingerprint density at radius 3 is 2.92 bits per heavy atom. The first kappa shape index (κ1) is 15.4. The van der Waals surface area contributed by atoms with E-state index in [2.05, 4.69) is 22.3 Å². The Hall–Kier alpha value is -2.83. The highest BCUT2D eigenvalue weighted by molar-refractivity contribution is 5.99. The summed E-state index contributed by atoms with van der Waals surface area (Å²) in [5.74, 6) is 2.63. The second-order valence-electron chi connectivity index (χ2n) is 7.14. The van der Waals surface area contributed by atoms with E-state index in [0.29, 0.717) is 31.5 Å². The lowest BCUT2D eigenvalue weighted by molar-refractivity contribution is -0.117. The van der Waals surface area contributed by atoms with Gasteiger partial charge in [0.05, 0.1) is 13.2 Å². The molecule has 5 rings (SSSR count). The Balaban J connectivity index is 1.65. The zero-order valence-electron chi connectivity index (χ0n) is 14.6. The van der Waals surface area contributed by atoms with Crippen LogP contribution in [-0.4, -0.2) is 33.8 Å². The number of carbonyl (C=O) groups is 1. The molecule has 0 amide bonds. The zero-order valence-corrected chi connectivity index (χ0v) is 14.6. The second kappa shape index (κ2) is 5.86. The zero-order chi connectivity index (χ0) is 17.7. The predicted molar refractivity (Wildman–Crippen MR) is 94.3 cm³/mol. The number of benzene rings is 1. The summed E-state index contributed by atoms with van der Waals surface area (Å²) in [6, 6.07) is 5.59. The fraction of sp³-hybridized carbons (Fsp3) is 0.421. The standard InChI is InChI=1S/C19H20N4O3/c1-11-7-13-17(14(24)8-11)18(23-19(22-13)20-10-21-23)12-3-4-15-16(9-12)26-6-2-5-25-15/h3-4,9-11,18H,2,5-8H2,1H3,(H,20,21,22). The first-order valence-corrected chi connectivity index (χ1v) is 9.03. The topological polar surface area (TPSA) is 78.3 Å². The fourth-order valence-electron chi connectivity index (χ4n) is 4.00. The molecule has 1 aliphatic carbocycles. The number of Topliss-reactive ketones (excluding diaryl/α,β-unsaturated/α-hetero) is 1. The van der Waals surface area contributed by atoms with Crippen molar-refractivity contribution in [3.05, 3.63) is 41.4 Å². The number of aromatic nitrogens is 3. The normalized spacial score (nSPS) is 24.4. The van der Waals surface area contributed by atoms with Gasteiger partial charge in [-0.15, -0.1) is 0 Å². The third-order valence-corrected chi connectivity index (χ3v) is 5.15.